The fraction of sp³-hybridized carbons (Fsp3) is 0.318. The summed E-state index contributed by atoms with van der Waals surface area (Å²) in [4.78, 5) is 43.0. The monoisotopic (exact) mass is 397 g/mol. The fourth-order valence-corrected chi connectivity index (χ4v) is 3.88. The van der Waals surface area contributed by atoms with Gasteiger partial charge in [-0.25, -0.2) is 4.79 Å². The lowest BCUT2D eigenvalue weighted by atomic mass is 10.1. The van der Waals surface area contributed by atoms with Gasteiger partial charge in [-0.05, 0) is 48.6 Å². The highest BCUT2D eigenvalue weighted by Crippen LogP contribution is 2.24. The number of fused-ring (bicyclic) bond motifs is 1. The van der Waals surface area contributed by atoms with E-state index in [4.69, 9.17) is 4.84 Å². The number of thioether (sulfide) groups is 1. The Bertz CT molecular complexity index is 828. The summed E-state index contributed by atoms with van der Waals surface area (Å²) in [5, 5.41) is 0.534. The Kier molecular flexibility index (Phi) is 6.87. The van der Waals surface area contributed by atoms with Gasteiger partial charge in [0.1, 0.15) is 0 Å². The maximum Gasteiger partial charge on any atom is 0.363 e. The van der Waals surface area contributed by atoms with Crippen LogP contribution in [0.3, 0.4) is 0 Å². The molecular weight excluding hydrogens is 374 g/mol. The molecule has 0 spiro atoms. The van der Waals surface area contributed by atoms with Crippen molar-refractivity contribution in [3.63, 3.8) is 0 Å². The van der Waals surface area contributed by atoms with E-state index in [9.17, 15) is 14.4 Å². The third kappa shape index (κ3) is 4.62. The summed E-state index contributed by atoms with van der Waals surface area (Å²) in [6.45, 7) is 2.20. The molecule has 0 saturated carbocycles. The van der Waals surface area contributed by atoms with E-state index in [1.807, 2.05) is 12.1 Å². The van der Waals surface area contributed by atoms with Crippen LogP contribution in [0.2, 0.25) is 0 Å². The molecule has 2 aromatic carbocycles. The summed E-state index contributed by atoms with van der Waals surface area (Å²) >= 11 is 1.75. The minimum absolute atomic E-state index is 0.242. The predicted molar refractivity (Wildman–Crippen MR) is 108 cm³/mol. The molecule has 5 nitrogen and oxygen atoms in total. The molecule has 0 fully saturated rings. The lowest BCUT2D eigenvalue weighted by Crippen LogP contribution is -2.32. The van der Waals surface area contributed by atoms with Crippen LogP contribution in [-0.4, -0.2) is 28.6 Å². The molecule has 0 unspecified atom stereocenters. The molecule has 1 aliphatic heterocycles. The molecule has 146 valence electrons. The van der Waals surface area contributed by atoms with Gasteiger partial charge in [0.15, 0.2) is 0 Å². The first kappa shape index (κ1) is 20.1. The van der Waals surface area contributed by atoms with Crippen molar-refractivity contribution in [3.8, 4) is 0 Å². The van der Waals surface area contributed by atoms with E-state index in [0.29, 0.717) is 10.6 Å². The van der Waals surface area contributed by atoms with Gasteiger partial charge in [0.05, 0.1) is 16.7 Å². The van der Waals surface area contributed by atoms with Gasteiger partial charge in [-0.3, -0.25) is 9.59 Å². The highest BCUT2D eigenvalue weighted by molar-refractivity contribution is 7.99. The number of hydroxylamine groups is 2. The summed E-state index contributed by atoms with van der Waals surface area (Å²) in [5.74, 6) is -0.929. The van der Waals surface area contributed by atoms with Crippen LogP contribution in [0.1, 0.15) is 70.1 Å². The molecule has 6 heteroatoms. The zero-order valence-corrected chi connectivity index (χ0v) is 16.7. The number of carbonyl (C=O) groups excluding carboxylic acids is 3. The topological polar surface area (TPSA) is 63.7 Å². The number of hydrogen-bond acceptors (Lipinski definition) is 5. The molecule has 0 bridgehead atoms. The van der Waals surface area contributed by atoms with E-state index in [-0.39, 0.29) is 11.1 Å². The highest BCUT2D eigenvalue weighted by Gasteiger charge is 2.38. The van der Waals surface area contributed by atoms with Crippen molar-refractivity contribution >= 4 is 29.5 Å². The molecule has 3 rings (SSSR count). The second-order valence-electron chi connectivity index (χ2n) is 6.62. The molecular formula is C22H23NO4S. The van der Waals surface area contributed by atoms with Gasteiger partial charge in [-0.1, -0.05) is 49.8 Å². The third-order valence-electron chi connectivity index (χ3n) is 4.54. The molecule has 0 aliphatic carbocycles. The first-order chi connectivity index (χ1) is 13.6. The minimum atomic E-state index is -0.731. The van der Waals surface area contributed by atoms with Gasteiger partial charge in [0, 0.05) is 4.90 Å². The summed E-state index contributed by atoms with van der Waals surface area (Å²) < 4.78 is 0. The van der Waals surface area contributed by atoms with Crippen LogP contribution >= 0.6 is 11.8 Å². The van der Waals surface area contributed by atoms with Gasteiger partial charge in [0.25, 0.3) is 11.8 Å². The van der Waals surface area contributed by atoms with Crippen molar-refractivity contribution in [1.29, 1.82) is 0 Å². The SMILES string of the molecule is CCCCCCCSc1ccc(C(=O)ON2C(=O)c3ccccc3C2=O)cc1. The first-order valence-corrected chi connectivity index (χ1v) is 10.5. The van der Waals surface area contributed by atoms with Gasteiger partial charge >= 0.3 is 5.97 Å². The quantitative estimate of drug-likeness (QED) is 0.334. The van der Waals surface area contributed by atoms with Gasteiger partial charge in [-0.15, -0.1) is 11.8 Å². The van der Waals surface area contributed by atoms with Crippen molar-refractivity contribution in [2.75, 3.05) is 5.75 Å². The average Bonchev–Trinajstić information content (AvgIpc) is 2.96. The van der Waals surface area contributed by atoms with E-state index < -0.39 is 17.8 Å². The molecule has 0 atom stereocenters. The number of unbranched alkanes of at least 4 members (excludes halogenated alkanes) is 4. The normalized spacial score (nSPS) is 13.0. The Morgan fingerprint density at radius 1 is 0.893 bits per heavy atom. The number of imide groups is 1. The lowest BCUT2D eigenvalue weighted by molar-refractivity contribution is -0.0584. The van der Waals surface area contributed by atoms with Crippen LogP contribution in [0.5, 0.6) is 0 Å². The number of amides is 2. The Hall–Kier alpha value is -2.60. The Balaban J connectivity index is 1.53. The summed E-state index contributed by atoms with van der Waals surface area (Å²) in [6.07, 6.45) is 6.22. The molecule has 0 N–H and O–H groups in total. The maximum atomic E-state index is 12.3. The summed E-state index contributed by atoms with van der Waals surface area (Å²) in [5.41, 5.74) is 0.779. The molecule has 0 radical (unpaired) electrons. The number of benzene rings is 2. The molecule has 2 aromatic rings. The third-order valence-corrected chi connectivity index (χ3v) is 5.64. The predicted octanol–water partition coefficient (Wildman–Crippen LogP) is 5.12. The molecule has 0 aromatic heterocycles. The molecule has 1 heterocycles. The summed E-state index contributed by atoms with van der Waals surface area (Å²) in [6, 6.07) is 13.4. The van der Waals surface area contributed by atoms with E-state index in [2.05, 4.69) is 6.92 Å². The highest BCUT2D eigenvalue weighted by atomic mass is 32.2. The smallest absolute Gasteiger partial charge is 0.324 e. The first-order valence-electron chi connectivity index (χ1n) is 9.54. The van der Waals surface area contributed by atoms with Crippen LogP contribution in [0.15, 0.2) is 53.4 Å². The zero-order chi connectivity index (χ0) is 19.9. The Morgan fingerprint density at radius 3 is 2.11 bits per heavy atom. The molecule has 0 saturated heterocycles. The van der Waals surface area contributed by atoms with Crippen LogP contribution in [0, 0.1) is 0 Å². The maximum absolute atomic E-state index is 12.3. The van der Waals surface area contributed by atoms with E-state index in [0.717, 1.165) is 10.6 Å². The number of carbonyl (C=O) groups is 3. The molecule has 1 aliphatic rings. The van der Waals surface area contributed by atoms with Crippen LogP contribution in [0.4, 0.5) is 0 Å². The van der Waals surface area contributed by atoms with E-state index in [1.165, 1.54) is 44.2 Å². The van der Waals surface area contributed by atoms with E-state index in [1.54, 1.807) is 36.0 Å². The molecule has 2 amide bonds. The van der Waals surface area contributed by atoms with Crippen molar-refractivity contribution in [1.82, 2.24) is 5.06 Å². The van der Waals surface area contributed by atoms with Crippen molar-refractivity contribution in [3.05, 3.63) is 65.2 Å². The fourth-order valence-electron chi connectivity index (χ4n) is 2.97. The lowest BCUT2D eigenvalue weighted by Gasteiger charge is -2.12. The average molecular weight is 397 g/mol. The minimum Gasteiger partial charge on any atom is -0.324 e. The second kappa shape index (κ2) is 9.55. The number of rotatable bonds is 9. The van der Waals surface area contributed by atoms with Crippen LogP contribution < -0.4 is 0 Å². The van der Waals surface area contributed by atoms with Crippen LogP contribution in [0.25, 0.3) is 0 Å². The Morgan fingerprint density at radius 2 is 1.50 bits per heavy atom. The summed E-state index contributed by atoms with van der Waals surface area (Å²) in [7, 11) is 0. The van der Waals surface area contributed by atoms with Crippen molar-refractivity contribution < 1.29 is 19.2 Å². The number of nitrogens with zero attached hydrogens (tertiary/aromatic N) is 1. The molecule has 28 heavy (non-hydrogen) atoms. The largest absolute Gasteiger partial charge is 0.363 e. The van der Waals surface area contributed by atoms with E-state index >= 15 is 0 Å². The van der Waals surface area contributed by atoms with Crippen LogP contribution in [-0.2, 0) is 4.84 Å². The van der Waals surface area contributed by atoms with Crippen molar-refractivity contribution in [2.24, 2.45) is 0 Å². The second-order valence-corrected chi connectivity index (χ2v) is 7.78. The van der Waals surface area contributed by atoms with Gasteiger partial charge in [0.2, 0.25) is 0 Å². The zero-order valence-electron chi connectivity index (χ0n) is 15.8. The number of hydrogen-bond donors (Lipinski definition) is 0. The standard InChI is InChI=1S/C22H23NO4S/c1-2-3-4-5-8-15-28-17-13-11-16(12-14-17)22(26)27-23-20(24)18-9-6-7-10-19(18)21(23)25/h6-7,9-14H,2-5,8,15H2,1H3. The van der Waals surface area contributed by atoms with Crippen molar-refractivity contribution in [2.45, 2.75) is 43.9 Å². The van der Waals surface area contributed by atoms with Gasteiger partial charge in [-0.2, -0.15) is 0 Å². The van der Waals surface area contributed by atoms with Gasteiger partial charge < -0.3 is 4.84 Å². The Labute approximate surface area is 169 Å².